The van der Waals surface area contributed by atoms with Crippen molar-refractivity contribution < 1.29 is 15.3 Å². The molecule has 0 aliphatic carbocycles. The summed E-state index contributed by atoms with van der Waals surface area (Å²) < 4.78 is 0. The minimum atomic E-state index is 0.313. The van der Waals surface area contributed by atoms with Crippen molar-refractivity contribution in [1.82, 2.24) is 0 Å². The van der Waals surface area contributed by atoms with E-state index in [2.05, 4.69) is 96.6 Å². The third-order valence-corrected chi connectivity index (χ3v) is 10.0. The molecular formula is C48H54O3. The van der Waals surface area contributed by atoms with Gasteiger partial charge in [-0.15, -0.1) is 39.5 Å². The summed E-state index contributed by atoms with van der Waals surface area (Å²) in [6, 6.07) is 12.6. The fourth-order valence-corrected chi connectivity index (χ4v) is 7.47. The van der Waals surface area contributed by atoms with E-state index in [1.165, 1.54) is 33.4 Å². The van der Waals surface area contributed by atoms with Gasteiger partial charge in [-0.1, -0.05) is 72.9 Å². The van der Waals surface area contributed by atoms with E-state index in [-0.39, 0.29) is 0 Å². The zero-order valence-corrected chi connectivity index (χ0v) is 30.9. The van der Waals surface area contributed by atoms with Crippen LogP contribution in [-0.4, -0.2) is 15.3 Å². The van der Waals surface area contributed by atoms with Crippen LogP contribution in [0, 0.1) is 20.8 Å². The number of benzene rings is 4. The lowest BCUT2D eigenvalue weighted by Gasteiger charge is -2.24. The highest BCUT2D eigenvalue weighted by Gasteiger charge is 2.21. The first-order chi connectivity index (χ1) is 24.5. The van der Waals surface area contributed by atoms with Crippen molar-refractivity contribution in [2.75, 3.05) is 0 Å². The number of rotatable bonds is 18. The molecule has 0 spiro atoms. The Kier molecular flexibility index (Phi) is 13.3. The van der Waals surface area contributed by atoms with E-state index in [1.54, 1.807) is 0 Å². The average Bonchev–Trinajstić information content (AvgIpc) is 3.10. The van der Waals surface area contributed by atoms with Gasteiger partial charge in [0.25, 0.3) is 0 Å². The first kappa shape index (κ1) is 38.5. The van der Waals surface area contributed by atoms with Crippen LogP contribution >= 0.6 is 0 Å². The van der Waals surface area contributed by atoms with E-state index in [0.29, 0.717) is 75.0 Å². The maximum absolute atomic E-state index is 11.0. The molecule has 0 radical (unpaired) electrons. The third-order valence-electron chi connectivity index (χ3n) is 10.0. The van der Waals surface area contributed by atoms with Crippen molar-refractivity contribution in [3.8, 4) is 17.2 Å². The van der Waals surface area contributed by atoms with Gasteiger partial charge in [0.2, 0.25) is 0 Å². The van der Waals surface area contributed by atoms with Crippen LogP contribution < -0.4 is 0 Å². The second-order valence-corrected chi connectivity index (χ2v) is 13.6. The Morgan fingerprint density at radius 2 is 0.549 bits per heavy atom. The normalized spacial score (nSPS) is 10.9. The lowest BCUT2D eigenvalue weighted by atomic mass is 9.81. The summed E-state index contributed by atoms with van der Waals surface area (Å²) >= 11 is 0. The molecule has 3 N–H and O–H groups in total. The minimum Gasteiger partial charge on any atom is -0.507 e. The van der Waals surface area contributed by atoms with Crippen molar-refractivity contribution >= 4 is 0 Å². The summed E-state index contributed by atoms with van der Waals surface area (Å²) in [6.07, 6.45) is 16.5. The van der Waals surface area contributed by atoms with Gasteiger partial charge in [-0.25, -0.2) is 0 Å². The molecule has 264 valence electrons. The Bertz CT molecular complexity index is 1650. The number of hydrogen-bond donors (Lipinski definition) is 3. The highest BCUT2D eigenvalue weighted by molar-refractivity contribution is 5.57. The van der Waals surface area contributed by atoms with Crippen LogP contribution in [0.4, 0.5) is 0 Å². The third kappa shape index (κ3) is 8.72. The van der Waals surface area contributed by atoms with E-state index in [0.717, 1.165) is 50.1 Å². The molecule has 0 bridgehead atoms. The highest BCUT2D eigenvalue weighted by Crippen LogP contribution is 2.36. The molecule has 0 atom stereocenters. The topological polar surface area (TPSA) is 60.7 Å². The lowest BCUT2D eigenvalue weighted by molar-refractivity contribution is 0.463. The van der Waals surface area contributed by atoms with Gasteiger partial charge in [0.1, 0.15) is 17.2 Å². The van der Waals surface area contributed by atoms with Crippen LogP contribution in [0.3, 0.4) is 0 Å². The molecule has 4 aromatic carbocycles. The van der Waals surface area contributed by atoms with Crippen LogP contribution in [-0.2, 0) is 57.8 Å². The second kappa shape index (κ2) is 17.6. The molecule has 4 rings (SSSR count). The first-order valence-corrected chi connectivity index (χ1v) is 17.8. The van der Waals surface area contributed by atoms with Gasteiger partial charge < -0.3 is 15.3 Å². The Morgan fingerprint density at radius 3 is 0.706 bits per heavy atom. The average molecular weight is 679 g/mol. The van der Waals surface area contributed by atoms with Crippen LogP contribution in [0.5, 0.6) is 17.2 Å². The van der Waals surface area contributed by atoms with Crippen molar-refractivity contribution in [2.45, 2.75) is 78.6 Å². The Balaban J connectivity index is 1.97. The van der Waals surface area contributed by atoms with E-state index in [4.69, 9.17) is 0 Å². The molecule has 3 nitrogen and oxygen atoms in total. The van der Waals surface area contributed by atoms with E-state index < -0.39 is 0 Å². The maximum Gasteiger partial charge on any atom is 0.122 e. The molecular weight excluding hydrogens is 625 g/mol. The molecule has 0 aromatic heterocycles. The zero-order valence-electron chi connectivity index (χ0n) is 30.9. The van der Waals surface area contributed by atoms with Gasteiger partial charge in [0, 0.05) is 0 Å². The van der Waals surface area contributed by atoms with Crippen molar-refractivity contribution in [3.05, 3.63) is 196 Å². The molecule has 0 saturated carbocycles. The smallest absolute Gasteiger partial charge is 0.122 e. The number of phenols is 3. The summed E-state index contributed by atoms with van der Waals surface area (Å²) in [5.41, 5.74) is 16.1. The van der Waals surface area contributed by atoms with Crippen molar-refractivity contribution in [3.63, 3.8) is 0 Å². The predicted octanol–water partition coefficient (Wildman–Crippen LogP) is 10.9. The van der Waals surface area contributed by atoms with Gasteiger partial charge in [-0.05, 0) is 162 Å². The number of hydrogen-bond acceptors (Lipinski definition) is 3. The largest absolute Gasteiger partial charge is 0.507 e. The lowest BCUT2D eigenvalue weighted by Crippen LogP contribution is -2.10. The fourth-order valence-electron chi connectivity index (χ4n) is 7.47. The highest BCUT2D eigenvalue weighted by atomic mass is 16.3. The van der Waals surface area contributed by atoms with Crippen LogP contribution in [0.25, 0.3) is 0 Å². The summed E-state index contributed by atoms with van der Waals surface area (Å²) in [7, 11) is 0. The molecule has 0 unspecified atom stereocenters. The van der Waals surface area contributed by atoms with E-state index in [9.17, 15) is 15.3 Å². The summed E-state index contributed by atoms with van der Waals surface area (Å²) in [5.74, 6) is 0.940. The standard InChI is InChI=1S/C48H54O3/c1-10-16-37-22-34(23-38(17-11-2)46(37)49)28-43-31(7)44(29-35-24-39(18-12-3)47(50)40(25-35)19-13-4)33(9)45(32(43)8)30-36-26-41(20-14-5)48(51)42(27-36)21-15-6/h10-15,22-27,49-51H,1-6,16-21,28-30H2,7-9H3. The zero-order chi connectivity index (χ0) is 37.2. The van der Waals surface area contributed by atoms with Crippen molar-refractivity contribution in [1.29, 1.82) is 0 Å². The van der Waals surface area contributed by atoms with E-state index in [1.807, 2.05) is 36.5 Å². The monoisotopic (exact) mass is 678 g/mol. The Labute approximate surface area is 306 Å². The molecule has 0 fully saturated rings. The van der Waals surface area contributed by atoms with Gasteiger partial charge in [0.15, 0.2) is 0 Å². The molecule has 4 aromatic rings. The predicted molar refractivity (Wildman–Crippen MR) is 217 cm³/mol. The fraction of sp³-hybridized carbons (Fsp3) is 0.250. The first-order valence-electron chi connectivity index (χ1n) is 17.8. The van der Waals surface area contributed by atoms with Crippen LogP contribution in [0.1, 0.15) is 83.5 Å². The van der Waals surface area contributed by atoms with Gasteiger partial charge in [-0.3, -0.25) is 0 Å². The quantitative estimate of drug-likeness (QED) is 0.0918. The molecule has 0 amide bonds. The van der Waals surface area contributed by atoms with Gasteiger partial charge in [0.05, 0.1) is 0 Å². The van der Waals surface area contributed by atoms with Gasteiger partial charge in [-0.2, -0.15) is 0 Å². The molecule has 0 saturated heterocycles. The molecule has 0 heterocycles. The van der Waals surface area contributed by atoms with Crippen LogP contribution in [0.15, 0.2) is 112 Å². The Morgan fingerprint density at radius 1 is 0.373 bits per heavy atom. The molecule has 51 heavy (non-hydrogen) atoms. The summed E-state index contributed by atoms with van der Waals surface area (Å²) in [4.78, 5) is 0. The molecule has 3 heteroatoms. The van der Waals surface area contributed by atoms with Crippen molar-refractivity contribution in [2.24, 2.45) is 0 Å². The molecule has 0 aliphatic rings. The van der Waals surface area contributed by atoms with Gasteiger partial charge >= 0.3 is 0 Å². The number of phenolic OH excluding ortho intramolecular Hbond substituents is 3. The molecule has 0 aliphatic heterocycles. The van der Waals surface area contributed by atoms with Crippen LogP contribution in [0.2, 0.25) is 0 Å². The number of aromatic hydroxyl groups is 3. The maximum atomic E-state index is 11.0. The number of allylic oxidation sites excluding steroid dienone is 6. The second-order valence-electron chi connectivity index (χ2n) is 13.6. The summed E-state index contributed by atoms with van der Waals surface area (Å²) in [5, 5.41) is 33.1. The minimum absolute atomic E-state index is 0.313. The summed E-state index contributed by atoms with van der Waals surface area (Å²) in [6.45, 7) is 30.2. The SMILES string of the molecule is C=CCc1cc(Cc2c(C)c(Cc3cc(CC=C)c(O)c(CC=C)c3)c(C)c(Cc3cc(CC=C)c(O)c(CC=C)c3)c2C)cc(CC=C)c1O. The van der Waals surface area contributed by atoms with E-state index >= 15 is 0 Å². The Hall–Kier alpha value is -5.28.